The Morgan fingerprint density at radius 2 is 1.62 bits per heavy atom. The van der Waals surface area contributed by atoms with Gasteiger partial charge >= 0.3 is 0 Å². The lowest BCUT2D eigenvalue weighted by Gasteiger charge is -2.09. The fraction of sp³-hybridized carbons (Fsp3) is 0.105. The van der Waals surface area contributed by atoms with Gasteiger partial charge < -0.3 is 4.74 Å². The minimum absolute atomic E-state index is 0.114. The normalized spacial score (nSPS) is 12.4. The Bertz CT molecular complexity index is 907. The van der Waals surface area contributed by atoms with Gasteiger partial charge in [-0.1, -0.05) is 24.3 Å². The Hall–Kier alpha value is -2.61. The van der Waals surface area contributed by atoms with Crippen molar-refractivity contribution in [2.24, 2.45) is 0 Å². The zero-order valence-electron chi connectivity index (χ0n) is 11.9. The van der Waals surface area contributed by atoms with E-state index in [1.165, 1.54) is 5.39 Å². The van der Waals surface area contributed by atoms with Gasteiger partial charge in [-0.15, -0.1) is 0 Å². The summed E-state index contributed by atoms with van der Waals surface area (Å²) in [6, 6.07) is 15.9. The number of ether oxygens (including phenoxy) is 1. The summed E-state index contributed by atoms with van der Waals surface area (Å²) in [5.74, 6) is 0.936. The molecular formula is C19H14O2. The molecular weight excluding hydrogens is 260 g/mol. The van der Waals surface area contributed by atoms with Crippen LogP contribution in [0.4, 0.5) is 0 Å². The van der Waals surface area contributed by atoms with E-state index >= 15 is 0 Å². The van der Waals surface area contributed by atoms with Gasteiger partial charge in [0, 0.05) is 11.1 Å². The fourth-order valence-electron chi connectivity index (χ4n) is 3.15. The lowest BCUT2D eigenvalue weighted by molar-refractivity contribution is 0.104. The molecule has 0 radical (unpaired) electrons. The van der Waals surface area contributed by atoms with Gasteiger partial charge in [-0.05, 0) is 58.7 Å². The van der Waals surface area contributed by atoms with Gasteiger partial charge in [-0.25, -0.2) is 0 Å². The fourth-order valence-corrected chi connectivity index (χ4v) is 3.15. The highest BCUT2D eigenvalue weighted by atomic mass is 16.5. The number of benzene rings is 3. The van der Waals surface area contributed by atoms with Crippen LogP contribution < -0.4 is 4.74 Å². The molecule has 0 fully saturated rings. The Morgan fingerprint density at radius 3 is 2.38 bits per heavy atom. The van der Waals surface area contributed by atoms with E-state index in [0.29, 0.717) is 0 Å². The standard InChI is InChI=1S/C19H14O2/c1-11-7-13(21-2)8-12-9-18-17(10-16(11)12)14-5-3-4-6-15(14)19(18)20/h3-10H,1-2H3. The molecule has 4 rings (SSSR count). The second kappa shape index (κ2) is 4.19. The second-order valence-electron chi connectivity index (χ2n) is 5.44. The molecule has 3 aromatic carbocycles. The van der Waals surface area contributed by atoms with E-state index in [2.05, 4.69) is 13.0 Å². The van der Waals surface area contributed by atoms with Crippen LogP contribution in [0.15, 0.2) is 48.5 Å². The zero-order chi connectivity index (χ0) is 14.6. The summed E-state index contributed by atoms with van der Waals surface area (Å²) in [7, 11) is 1.66. The first-order valence-corrected chi connectivity index (χ1v) is 6.95. The van der Waals surface area contributed by atoms with Crippen LogP contribution in [0.1, 0.15) is 21.5 Å². The summed E-state index contributed by atoms with van der Waals surface area (Å²) in [4.78, 5) is 12.5. The first-order chi connectivity index (χ1) is 10.2. The maximum atomic E-state index is 12.5. The number of carbonyl (C=O) groups is 1. The van der Waals surface area contributed by atoms with Crippen molar-refractivity contribution in [3.8, 4) is 16.9 Å². The lowest BCUT2D eigenvalue weighted by atomic mass is 9.97. The van der Waals surface area contributed by atoms with Crippen molar-refractivity contribution >= 4 is 16.6 Å². The quantitative estimate of drug-likeness (QED) is 0.515. The number of ketones is 1. The predicted octanol–water partition coefficient (Wildman–Crippen LogP) is 4.37. The van der Waals surface area contributed by atoms with E-state index in [1.54, 1.807) is 7.11 Å². The molecule has 1 aliphatic rings. The molecule has 3 aromatic rings. The molecule has 21 heavy (non-hydrogen) atoms. The van der Waals surface area contributed by atoms with Gasteiger partial charge in [-0.2, -0.15) is 0 Å². The minimum atomic E-state index is 0.114. The van der Waals surface area contributed by atoms with Crippen LogP contribution in [-0.4, -0.2) is 12.9 Å². The monoisotopic (exact) mass is 274 g/mol. The topological polar surface area (TPSA) is 26.3 Å². The van der Waals surface area contributed by atoms with Gasteiger partial charge in [0.05, 0.1) is 7.11 Å². The highest BCUT2D eigenvalue weighted by molar-refractivity contribution is 6.23. The molecule has 0 N–H and O–H groups in total. The van der Waals surface area contributed by atoms with Crippen LogP contribution >= 0.6 is 0 Å². The van der Waals surface area contributed by atoms with Crippen molar-refractivity contribution in [3.63, 3.8) is 0 Å². The van der Waals surface area contributed by atoms with Crippen LogP contribution in [0.5, 0.6) is 5.75 Å². The van der Waals surface area contributed by atoms with Crippen LogP contribution in [0.2, 0.25) is 0 Å². The van der Waals surface area contributed by atoms with Gasteiger partial charge in [0.15, 0.2) is 5.78 Å². The maximum absolute atomic E-state index is 12.5. The van der Waals surface area contributed by atoms with E-state index in [9.17, 15) is 4.79 Å². The van der Waals surface area contributed by atoms with Crippen molar-refractivity contribution in [2.45, 2.75) is 6.92 Å². The molecule has 2 nitrogen and oxygen atoms in total. The van der Waals surface area contributed by atoms with E-state index in [4.69, 9.17) is 4.74 Å². The Morgan fingerprint density at radius 1 is 0.857 bits per heavy atom. The number of methoxy groups -OCH3 is 1. The molecule has 0 saturated heterocycles. The zero-order valence-corrected chi connectivity index (χ0v) is 11.9. The number of fused-ring (bicyclic) bond motifs is 4. The summed E-state index contributed by atoms with van der Waals surface area (Å²) in [5.41, 5.74) is 4.82. The minimum Gasteiger partial charge on any atom is -0.497 e. The van der Waals surface area contributed by atoms with Crippen molar-refractivity contribution in [1.29, 1.82) is 0 Å². The number of hydrogen-bond acceptors (Lipinski definition) is 2. The van der Waals surface area contributed by atoms with Crippen molar-refractivity contribution < 1.29 is 9.53 Å². The largest absolute Gasteiger partial charge is 0.497 e. The summed E-state index contributed by atoms with van der Waals surface area (Å²) >= 11 is 0. The van der Waals surface area contributed by atoms with Crippen molar-refractivity contribution in [1.82, 2.24) is 0 Å². The number of rotatable bonds is 1. The predicted molar refractivity (Wildman–Crippen MR) is 84.1 cm³/mol. The molecule has 0 bridgehead atoms. The van der Waals surface area contributed by atoms with Crippen molar-refractivity contribution in [3.05, 3.63) is 65.2 Å². The summed E-state index contributed by atoms with van der Waals surface area (Å²) in [6.45, 7) is 2.07. The molecule has 0 saturated carbocycles. The maximum Gasteiger partial charge on any atom is 0.194 e. The van der Waals surface area contributed by atoms with E-state index in [1.807, 2.05) is 42.5 Å². The molecule has 0 aromatic heterocycles. The van der Waals surface area contributed by atoms with Gasteiger partial charge in [0.1, 0.15) is 5.75 Å². The Balaban J connectivity index is 2.08. The van der Waals surface area contributed by atoms with Crippen LogP contribution in [0.25, 0.3) is 21.9 Å². The highest BCUT2D eigenvalue weighted by Crippen LogP contribution is 2.40. The number of aryl methyl sites for hydroxylation is 1. The third-order valence-electron chi connectivity index (χ3n) is 4.21. The van der Waals surface area contributed by atoms with Gasteiger partial charge in [0.25, 0.3) is 0 Å². The highest BCUT2D eigenvalue weighted by Gasteiger charge is 2.26. The third kappa shape index (κ3) is 1.62. The molecule has 2 heteroatoms. The Labute approximate surface area is 123 Å². The summed E-state index contributed by atoms with van der Waals surface area (Å²) in [5, 5.41) is 2.21. The molecule has 0 spiro atoms. The molecule has 1 aliphatic carbocycles. The first-order valence-electron chi connectivity index (χ1n) is 6.95. The Kier molecular flexibility index (Phi) is 2.43. The summed E-state index contributed by atoms with van der Waals surface area (Å²) < 4.78 is 5.33. The SMILES string of the molecule is COc1cc(C)c2cc3c(cc2c1)C(=O)c1ccccc1-3. The van der Waals surface area contributed by atoms with E-state index in [0.717, 1.165) is 39.0 Å². The number of hydrogen-bond donors (Lipinski definition) is 0. The van der Waals surface area contributed by atoms with Gasteiger partial charge in [-0.3, -0.25) is 4.79 Å². The van der Waals surface area contributed by atoms with Crippen LogP contribution in [0.3, 0.4) is 0 Å². The van der Waals surface area contributed by atoms with Crippen LogP contribution in [0, 0.1) is 6.92 Å². The van der Waals surface area contributed by atoms with Gasteiger partial charge in [0.2, 0.25) is 0 Å². The second-order valence-corrected chi connectivity index (χ2v) is 5.44. The van der Waals surface area contributed by atoms with E-state index in [-0.39, 0.29) is 5.78 Å². The molecule has 102 valence electrons. The average Bonchev–Trinajstić information content (AvgIpc) is 2.79. The van der Waals surface area contributed by atoms with E-state index < -0.39 is 0 Å². The molecule has 0 unspecified atom stereocenters. The lowest BCUT2D eigenvalue weighted by Crippen LogP contribution is -1.95. The molecule has 0 atom stereocenters. The summed E-state index contributed by atoms with van der Waals surface area (Å²) in [6.07, 6.45) is 0. The number of carbonyl (C=O) groups excluding carboxylic acids is 1. The first kappa shape index (κ1) is 12.2. The smallest absolute Gasteiger partial charge is 0.194 e. The van der Waals surface area contributed by atoms with Crippen molar-refractivity contribution in [2.75, 3.05) is 7.11 Å². The molecule has 0 amide bonds. The molecule has 0 heterocycles. The third-order valence-corrected chi connectivity index (χ3v) is 4.21. The molecule has 0 aliphatic heterocycles. The average molecular weight is 274 g/mol. The van der Waals surface area contributed by atoms with Crippen LogP contribution in [-0.2, 0) is 0 Å².